The Hall–Kier alpha value is -1.56. The van der Waals surface area contributed by atoms with E-state index in [-0.39, 0.29) is 5.78 Å². The summed E-state index contributed by atoms with van der Waals surface area (Å²) in [5.41, 5.74) is 1.85. The fourth-order valence-corrected chi connectivity index (χ4v) is 2.98. The molecule has 4 heteroatoms. The molecule has 2 aromatic carbocycles. The van der Waals surface area contributed by atoms with Gasteiger partial charge in [0.05, 0.1) is 0 Å². The van der Waals surface area contributed by atoms with Crippen LogP contribution in [-0.4, -0.2) is 19.0 Å². The molecule has 1 aliphatic rings. The number of Topliss-reactive ketones (excluding diaryl/α,β-unsaturated/α-hetero) is 1. The van der Waals surface area contributed by atoms with E-state index in [0.717, 1.165) is 32.6 Å². The number of benzene rings is 2. The van der Waals surface area contributed by atoms with E-state index in [1.54, 1.807) is 0 Å². The van der Waals surface area contributed by atoms with Crippen LogP contribution in [0.2, 0.25) is 0 Å². The van der Waals surface area contributed by atoms with Gasteiger partial charge in [-0.2, -0.15) is 0 Å². The summed E-state index contributed by atoms with van der Waals surface area (Å²) in [5, 5.41) is 0. The number of hydrogen-bond acceptors (Lipinski definition) is 3. The summed E-state index contributed by atoms with van der Waals surface area (Å²) in [6.45, 7) is 0.952. The largest absolute Gasteiger partial charge is 0.490 e. The van der Waals surface area contributed by atoms with Crippen molar-refractivity contribution in [3.63, 3.8) is 0 Å². The number of ketones is 1. The van der Waals surface area contributed by atoms with Crippen molar-refractivity contribution in [1.82, 2.24) is 0 Å². The highest BCUT2D eigenvalue weighted by atomic mass is 127. The lowest BCUT2D eigenvalue weighted by molar-refractivity contribution is 0.0994. The summed E-state index contributed by atoms with van der Waals surface area (Å²) in [6.07, 6.45) is 1.37. The summed E-state index contributed by atoms with van der Waals surface area (Å²) < 4.78 is 12.6. The third-order valence-electron chi connectivity index (χ3n) is 3.44. The Labute approximate surface area is 137 Å². The Balaban J connectivity index is 1.56. The number of rotatable bonds is 5. The van der Waals surface area contributed by atoms with Crippen molar-refractivity contribution in [3.8, 4) is 11.5 Å². The van der Waals surface area contributed by atoms with Gasteiger partial charge in [-0.3, -0.25) is 4.79 Å². The van der Waals surface area contributed by atoms with E-state index in [0.29, 0.717) is 19.6 Å². The standard InChI is InChI=1S/C17H15IO3/c18-12-3-1-4-13(11-12)20-9-10-21-17-6-2-5-14-15(17)7-8-16(14)19/h1-6,11H,7-10H2. The first kappa shape index (κ1) is 14.4. The first-order valence-corrected chi connectivity index (χ1v) is 7.98. The molecule has 1 aliphatic carbocycles. The lowest BCUT2D eigenvalue weighted by atomic mass is 10.1. The first-order valence-electron chi connectivity index (χ1n) is 6.90. The quantitative estimate of drug-likeness (QED) is 0.571. The highest BCUT2D eigenvalue weighted by Crippen LogP contribution is 2.30. The van der Waals surface area contributed by atoms with Crippen LogP contribution in [0.25, 0.3) is 0 Å². The van der Waals surface area contributed by atoms with Crippen LogP contribution in [0.15, 0.2) is 42.5 Å². The minimum Gasteiger partial charge on any atom is -0.490 e. The van der Waals surface area contributed by atoms with Crippen LogP contribution in [0.3, 0.4) is 0 Å². The number of hydrogen-bond donors (Lipinski definition) is 0. The third-order valence-corrected chi connectivity index (χ3v) is 4.11. The number of carbonyl (C=O) groups excluding carboxylic acids is 1. The fourth-order valence-electron chi connectivity index (χ4n) is 2.46. The SMILES string of the molecule is O=C1CCc2c(OCCOc3cccc(I)c3)cccc21. The van der Waals surface area contributed by atoms with E-state index in [1.807, 2.05) is 42.5 Å². The molecule has 0 bridgehead atoms. The number of fused-ring (bicyclic) bond motifs is 1. The molecule has 0 spiro atoms. The number of carbonyl (C=O) groups is 1. The van der Waals surface area contributed by atoms with Gasteiger partial charge in [-0.25, -0.2) is 0 Å². The molecule has 0 aromatic heterocycles. The van der Waals surface area contributed by atoms with Crippen LogP contribution >= 0.6 is 22.6 Å². The summed E-state index contributed by atoms with van der Waals surface area (Å²) in [6, 6.07) is 13.6. The summed E-state index contributed by atoms with van der Waals surface area (Å²) in [5.74, 6) is 1.87. The van der Waals surface area contributed by atoms with Crippen molar-refractivity contribution >= 4 is 28.4 Å². The average molecular weight is 394 g/mol. The average Bonchev–Trinajstić information content (AvgIpc) is 2.86. The van der Waals surface area contributed by atoms with E-state index < -0.39 is 0 Å². The number of halogens is 1. The molecule has 0 saturated heterocycles. The molecular weight excluding hydrogens is 379 g/mol. The molecule has 3 nitrogen and oxygen atoms in total. The molecule has 0 N–H and O–H groups in total. The predicted octanol–water partition coefficient (Wildman–Crippen LogP) is 3.88. The monoisotopic (exact) mass is 394 g/mol. The Morgan fingerprint density at radius 3 is 2.67 bits per heavy atom. The molecule has 21 heavy (non-hydrogen) atoms. The van der Waals surface area contributed by atoms with Crippen LogP contribution < -0.4 is 9.47 Å². The fraction of sp³-hybridized carbons (Fsp3) is 0.235. The predicted molar refractivity (Wildman–Crippen MR) is 89.2 cm³/mol. The van der Waals surface area contributed by atoms with Crippen LogP contribution in [0.4, 0.5) is 0 Å². The minimum atomic E-state index is 0.213. The summed E-state index contributed by atoms with van der Waals surface area (Å²) in [4.78, 5) is 11.7. The van der Waals surface area contributed by atoms with Crippen molar-refractivity contribution in [3.05, 3.63) is 57.2 Å². The van der Waals surface area contributed by atoms with Gasteiger partial charge >= 0.3 is 0 Å². The normalized spacial score (nSPS) is 13.1. The zero-order valence-corrected chi connectivity index (χ0v) is 13.6. The van der Waals surface area contributed by atoms with Gasteiger partial charge in [-0.1, -0.05) is 18.2 Å². The number of ether oxygens (including phenoxy) is 2. The van der Waals surface area contributed by atoms with Gasteiger partial charge < -0.3 is 9.47 Å². The third kappa shape index (κ3) is 3.37. The lowest BCUT2D eigenvalue weighted by Gasteiger charge is -2.11. The Bertz CT molecular complexity index is 667. The first-order chi connectivity index (χ1) is 10.2. The van der Waals surface area contributed by atoms with E-state index >= 15 is 0 Å². The zero-order chi connectivity index (χ0) is 14.7. The highest BCUT2D eigenvalue weighted by Gasteiger charge is 2.22. The Kier molecular flexibility index (Phi) is 4.43. The molecule has 0 saturated carbocycles. The van der Waals surface area contributed by atoms with Gasteiger partial charge in [0.1, 0.15) is 24.7 Å². The smallest absolute Gasteiger partial charge is 0.163 e. The van der Waals surface area contributed by atoms with Gasteiger partial charge in [0.15, 0.2) is 5.78 Å². The Morgan fingerprint density at radius 2 is 1.81 bits per heavy atom. The Morgan fingerprint density at radius 1 is 1.00 bits per heavy atom. The van der Waals surface area contributed by atoms with Crippen molar-refractivity contribution in [1.29, 1.82) is 0 Å². The van der Waals surface area contributed by atoms with E-state index in [2.05, 4.69) is 22.6 Å². The molecule has 0 atom stereocenters. The van der Waals surface area contributed by atoms with Crippen LogP contribution in [0.5, 0.6) is 11.5 Å². The van der Waals surface area contributed by atoms with Gasteiger partial charge in [0.2, 0.25) is 0 Å². The second-order valence-corrected chi connectivity index (χ2v) is 6.11. The molecule has 0 heterocycles. The van der Waals surface area contributed by atoms with Crippen molar-refractivity contribution in [2.45, 2.75) is 12.8 Å². The second kappa shape index (κ2) is 6.47. The maximum atomic E-state index is 11.7. The molecule has 108 valence electrons. The van der Waals surface area contributed by atoms with Gasteiger partial charge in [0, 0.05) is 21.1 Å². The van der Waals surface area contributed by atoms with Crippen LogP contribution in [0.1, 0.15) is 22.3 Å². The molecule has 0 unspecified atom stereocenters. The lowest BCUT2D eigenvalue weighted by Crippen LogP contribution is -2.10. The zero-order valence-electron chi connectivity index (χ0n) is 11.5. The van der Waals surface area contributed by atoms with Gasteiger partial charge in [-0.15, -0.1) is 0 Å². The molecule has 2 aromatic rings. The molecule has 0 amide bonds. The van der Waals surface area contributed by atoms with Crippen LogP contribution in [-0.2, 0) is 6.42 Å². The molecular formula is C17H15IO3. The van der Waals surface area contributed by atoms with Crippen LogP contribution in [0, 0.1) is 3.57 Å². The molecule has 3 rings (SSSR count). The van der Waals surface area contributed by atoms with Gasteiger partial charge in [-0.05, 0) is 53.3 Å². The maximum absolute atomic E-state index is 11.7. The molecule has 0 aliphatic heterocycles. The second-order valence-electron chi connectivity index (χ2n) is 4.86. The summed E-state index contributed by atoms with van der Waals surface area (Å²) in [7, 11) is 0. The van der Waals surface area contributed by atoms with E-state index in [4.69, 9.17) is 9.47 Å². The molecule has 0 fully saturated rings. The minimum absolute atomic E-state index is 0.213. The summed E-state index contributed by atoms with van der Waals surface area (Å²) >= 11 is 2.25. The van der Waals surface area contributed by atoms with Crippen molar-refractivity contribution < 1.29 is 14.3 Å². The molecule has 0 radical (unpaired) electrons. The van der Waals surface area contributed by atoms with Gasteiger partial charge in [0.25, 0.3) is 0 Å². The van der Waals surface area contributed by atoms with Crippen molar-refractivity contribution in [2.24, 2.45) is 0 Å². The highest BCUT2D eigenvalue weighted by molar-refractivity contribution is 14.1. The van der Waals surface area contributed by atoms with Crippen molar-refractivity contribution in [2.75, 3.05) is 13.2 Å². The van der Waals surface area contributed by atoms with E-state index in [9.17, 15) is 4.79 Å². The topological polar surface area (TPSA) is 35.5 Å². The van der Waals surface area contributed by atoms with E-state index in [1.165, 1.54) is 0 Å². The maximum Gasteiger partial charge on any atom is 0.163 e.